The number of carbonyl (C=O) groups is 1. The van der Waals surface area contributed by atoms with E-state index in [1.165, 1.54) is 0 Å². The lowest BCUT2D eigenvalue weighted by molar-refractivity contribution is -0.124. The van der Waals surface area contributed by atoms with Gasteiger partial charge in [-0.15, -0.1) is 0 Å². The number of nitrogens with one attached hydrogen (secondary N) is 1. The van der Waals surface area contributed by atoms with Crippen molar-refractivity contribution in [3.63, 3.8) is 0 Å². The minimum atomic E-state index is -0.595. The molecular weight excluding hydrogens is 212 g/mol. The molecule has 0 saturated heterocycles. The third kappa shape index (κ3) is 2.67. The first kappa shape index (κ1) is 12.1. The number of nitrogens with two attached hydrogens (primary N) is 1. The molecule has 1 saturated carbocycles. The second-order valence-corrected chi connectivity index (χ2v) is 5.26. The zero-order valence-corrected chi connectivity index (χ0v) is 10.4. The van der Waals surface area contributed by atoms with Crippen LogP contribution in [0.4, 0.5) is 0 Å². The van der Waals surface area contributed by atoms with Crippen LogP contribution in [0.1, 0.15) is 38.3 Å². The summed E-state index contributed by atoms with van der Waals surface area (Å²) in [6.45, 7) is 4.21. The Morgan fingerprint density at radius 3 is 2.35 bits per heavy atom. The van der Waals surface area contributed by atoms with E-state index in [1.54, 1.807) is 0 Å². The molecule has 1 aromatic carbocycles. The maximum Gasteiger partial charge on any atom is 0.240 e. The molecule has 0 radical (unpaired) electrons. The summed E-state index contributed by atoms with van der Waals surface area (Å²) in [5, 5.41) is 3.07. The standard InChI is InChI=1S/C14H20N2O/c1-10(2)12(11-6-4-3-5-7-11)16-13(17)14(15)8-9-14/h3-7,10,12H,8-9,15H2,1-2H3,(H,16,17). The van der Waals surface area contributed by atoms with Crippen LogP contribution in [0.3, 0.4) is 0 Å². The van der Waals surface area contributed by atoms with E-state index in [4.69, 9.17) is 5.73 Å². The molecule has 17 heavy (non-hydrogen) atoms. The quantitative estimate of drug-likeness (QED) is 0.834. The first-order valence-corrected chi connectivity index (χ1v) is 6.18. The van der Waals surface area contributed by atoms with Gasteiger partial charge >= 0.3 is 0 Å². The first-order chi connectivity index (χ1) is 8.03. The SMILES string of the molecule is CC(C)C(NC(=O)C1(N)CC1)c1ccccc1. The Balaban J connectivity index is 2.11. The van der Waals surface area contributed by atoms with E-state index in [-0.39, 0.29) is 11.9 Å². The van der Waals surface area contributed by atoms with Crippen LogP contribution >= 0.6 is 0 Å². The molecule has 3 nitrogen and oxygen atoms in total. The van der Waals surface area contributed by atoms with Gasteiger partial charge in [-0.2, -0.15) is 0 Å². The van der Waals surface area contributed by atoms with Crippen LogP contribution in [0.25, 0.3) is 0 Å². The number of hydrogen-bond acceptors (Lipinski definition) is 2. The van der Waals surface area contributed by atoms with Gasteiger partial charge in [-0.25, -0.2) is 0 Å². The Hall–Kier alpha value is -1.35. The molecule has 0 bridgehead atoms. The van der Waals surface area contributed by atoms with E-state index >= 15 is 0 Å². The summed E-state index contributed by atoms with van der Waals surface area (Å²) in [7, 11) is 0. The highest BCUT2D eigenvalue weighted by molar-refractivity contribution is 5.89. The summed E-state index contributed by atoms with van der Waals surface area (Å²) in [5.41, 5.74) is 6.45. The predicted octanol–water partition coefficient (Wildman–Crippen LogP) is 1.99. The molecule has 1 fully saturated rings. The lowest BCUT2D eigenvalue weighted by atomic mass is 9.95. The molecule has 0 heterocycles. The Kier molecular flexibility index (Phi) is 3.20. The van der Waals surface area contributed by atoms with Crippen molar-refractivity contribution in [2.75, 3.05) is 0 Å². The van der Waals surface area contributed by atoms with Gasteiger partial charge in [-0.3, -0.25) is 4.79 Å². The second kappa shape index (κ2) is 4.49. The molecule has 0 aromatic heterocycles. The number of hydrogen-bond donors (Lipinski definition) is 2. The lowest BCUT2D eigenvalue weighted by Crippen LogP contribution is -2.45. The highest BCUT2D eigenvalue weighted by atomic mass is 16.2. The van der Waals surface area contributed by atoms with Crippen molar-refractivity contribution in [1.82, 2.24) is 5.32 Å². The largest absolute Gasteiger partial charge is 0.347 e. The van der Waals surface area contributed by atoms with Gasteiger partial charge in [0, 0.05) is 0 Å². The molecule has 3 heteroatoms. The Morgan fingerprint density at radius 2 is 1.88 bits per heavy atom. The smallest absolute Gasteiger partial charge is 0.240 e. The lowest BCUT2D eigenvalue weighted by Gasteiger charge is -2.24. The summed E-state index contributed by atoms with van der Waals surface area (Å²) in [5.74, 6) is 0.337. The summed E-state index contributed by atoms with van der Waals surface area (Å²) >= 11 is 0. The van der Waals surface area contributed by atoms with Crippen molar-refractivity contribution in [3.8, 4) is 0 Å². The molecule has 1 aliphatic rings. The normalized spacial score (nSPS) is 18.8. The predicted molar refractivity (Wildman–Crippen MR) is 68.3 cm³/mol. The minimum absolute atomic E-state index is 0.0138. The second-order valence-electron chi connectivity index (χ2n) is 5.26. The highest BCUT2D eigenvalue weighted by Crippen LogP contribution is 2.33. The molecule has 2 rings (SSSR count). The van der Waals surface area contributed by atoms with E-state index < -0.39 is 5.54 Å². The van der Waals surface area contributed by atoms with Crippen LogP contribution in [-0.4, -0.2) is 11.4 Å². The average molecular weight is 232 g/mol. The van der Waals surface area contributed by atoms with E-state index in [2.05, 4.69) is 19.2 Å². The Labute approximate surface area is 102 Å². The molecular formula is C14H20N2O. The minimum Gasteiger partial charge on any atom is -0.347 e. The van der Waals surface area contributed by atoms with Crippen LogP contribution in [0.5, 0.6) is 0 Å². The molecule has 1 aromatic rings. The van der Waals surface area contributed by atoms with Gasteiger partial charge in [0.2, 0.25) is 5.91 Å². The number of carbonyl (C=O) groups excluding carboxylic acids is 1. The Bertz CT molecular complexity index is 396. The third-order valence-corrected chi connectivity index (χ3v) is 3.35. The van der Waals surface area contributed by atoms with Gasteiger partial charge in [0.05, 0.1) is 11.6 Å². The van der Waals surface area contributed by atoms with Gasteiger partial charge in [0.15, 0.2) is 0 Å². The zero-order chi connectivity index (χ0) is 12.5. The van der Waals surface area contributed by atoms with E-state index in [1.807, 2.05) is 30.3 Å². The van der Waals surface area contributed by atoms with E-state index in [0.717, 1.165) is 18.4 Å². The molecule has 1 aliphatic carbocycles. The zero-order valence-electron chi connectivity index (χ0n) is 10.4. The fourth-order valence-corrected chi connectivity index (χ4v) is 1.94. The van der Waals surface area contributed by atoms with Gasteiger partial charge in [-0.1, -0.05) is 44.2 Å². The molecule has 1 unspecified atom stereocenters. The summed E-state index contributed by atoms with van der Waals surface area (Å²) in [6, 6.07) is 10.1. The highest BCUT2D eigenvalue weighted by Gasteiger charge is 2.46. The van der Waals surface area contributed by atoms with Crippen molar-refractivity contribution in [2.24, 2.45) is 11.7 Å². The topological polar surface area (TPSA) is 55.1 Å². The maximum atomic E-state index is 12.0. The van der Waals surface area contributed by atoms with Gasteiger partial charge in [0.25, 0.3) is 0 Å². The molecule has 1 atom stereocenters. The van der Waals surface area contributed by atoms with Crippen LogP contribution in [0.15, 0.2) is 30.3 Å². The van der Waals surface area contributed by atoms with Crippen molar-refractivity contribution in [1.29, 1.82) is 0 Å². The van der Waals surface area contributed by atoms with Crippen molar-refractivity contribution in [2.45, 2.75) is 38.3 Å². The maximum absolute atomic E-state index is 12.0. The van der Waals surface area contributed by atoms with Crippen LogP contribution < -0.4 is 11.1 Å². The summed E-state index contributed by atoms with van der Waals surface area (Å²) in [4.78, 5) is 12.0. The molecule has 0 aliphatic heterocycles. The van der Waals surface area contributed by atoms with Gasteiger partial charge < -0.3 is 11.1 Å². The molecule has 1 amide bonds. The average Bonchev–Trinajstić information content (AvgIpc) is 3.06. The van der Waals surface area contributed by atoms with Gasteiger partial charge in [0.1, 0.15) is 0 Å². The van der Waals surface area contributed by atoms with E-state index in [9.17, 15) is 4.79 Å². The van der Waals surface area contributed by atoms with Crippen LogP contribution in [0.2, 0.25) is 0 Å². The van der Waals surface area contributed by atoms with Crippen LogP contribution in [-0.2, 0) is 4.79 Å². The summed E-state index contributed by atoms with van der Waals surface area (Å²) < 4.78 is 0. The fourth-order valence-electron chi connectivity index (χ4n) is 1.94. The van der Waals surface area contributed by atoms with Crippen molar-refractivity contribution < 1.29 is 4.79 Å². The van der Waals surface area contributed by atoms with Gasteiger partial charge in [-0.05, 0) is 24.3 Å². The molecule has 0 spiro atoms. The number of amides is 1. The molecule has 3 N–H and O–H groups in total. The fraction of sp³-hybridized carbons (Fsp3) is 0.500. The van der Waals surface area contributed by atoms with Crippen LogP contribution in [0, 0.1) is 5.92 Å². The van der Waals surface area contributed by atoms with E-state index in [0.29, 0.717) is 5.92 Å². The summed E-state index contributed by atoms with van der Waals surface area (Å²) in [6.07, 6.45) is 1.61. The number of rotatable bonds is 4. The Morgan fingerprint density at radius 1 is 1.29 bits per heavy atom. The third-order valence-electron chi connectivity index (χ3n) is 3.35. The number of benzene rings is 1. The monoisotopic (exact) mass is 232 g/mol. The van der Waals surface area contributed by atoms with Crippen molar-refractivity contribution in [3.05, 3.63) is 35.9 Å². The van der Waals surface area contributed by atoms with Crippen molar-refractivity contribution >= 4 is 5.91 Å². The molecule has 92 valence electrons. The first-order valence-electron chi connectivity index (χ1n) is 6.18.